The van der Waals surface area contributed by atoms with Crippen molar-refractivity contribution in [2.45, 2.75) is 13.3 Å². The monoisotopic (exact) mass is 346 g/mol. The van der Waals surface area contributed by atoms with E-state index < -0.39 is 5.97 Å². The largest absolute Gasteiger partial charge is 0.478 e. The summed E-state index contributed by atoms with van der Waals surface area (Å²) < 4.78 is 6.59. The van der Waals surface area contributed by atoms with E-state index in [4.69, 9.17) is 9.84 Å². The Hall–Kier alpha value is -2.07. The number of carbonyl (C=O) groups is 1. The third-order valence-corrected chi connectivity index (χ3v) is 3.61. The minimum Gasteiger partial charge on any atom is -0.478 e. The predicted molar refractivity (Wildman–Crippen MR) is 86.7 cm³/mol. The molecule has 2 aromatic carbocycles. The van der Waals surface area contributed by atoms with Gasteiger partial charge in [-0.15, -0.1) is 0 Å². The maximum atomic E-state index is 10.5. The number of aliphatic carboxylic acids is 1. The van der Waals surface area contributed by atoms with Crippen molar-refractivity contribution in [3.8, 4) is 11.5 Å². The molecule has 1 N–H and O–H groups in total. The van der Waals surface area contributed by atoms with Crippen molar-refractivity contribution in [1.82, 2.24) is 0 Å². The van der Waals surface area contributed by atoms with Gasteiger partial charge in [-0.2, -0.15) is 0 Å². The zero-order valence-corrected chi connectivity index (χ0v) is 13.1. The van der Waals surface area contributed by atoms with Gasteiger partial charge >= 0.3 is 5.97 Å². The summed E-state index contributed by atoms with van der Waals surface area (Å²) in [5.41, 5.74) is 2.00. The van der Waals surface area contributed by atoms with Crippen molar-refractivity contribution in [2.24, 2.45) is 0 Å². The Bertz CT molecular complexity index is 677. The summed E-state index contributed by atoms with van der Waals surface area (Å²) in [6.45, 7) is 2.10. The Morgan fingerprint density at radius 3 is 2.67 bits per heavy atom. The van der Waals surface area contributed by atoms with Gasteiger partial charge in [-0.1, -0.05) is 41.1 Å². The summed E-state index contributed by atoms with van der Waals surface area (Å²) in [4.78, 5) is 10.5. The highest BCUT2D eigenvalue weighted by molar-refractivity contribution is 9.10. The van der Waals surface area contributed by atoms with Crippen LogP contribution in [0.5, 0.6) is 11.5 Å². The number of hydrogen-bond donors (Lipinski definition) is 1. The molecule has 4 heteroatoms. The molecule has 0 fully saturated rings. The maximum Gasteiger partial charge on any atom is 0.328 e. The SMILES string of the molecule is CCc1cccc(Oc2ccc(/C=C/C(=O)O)c(Br)c2)c1. The van der Waals surface area contributed by atoms with E-state index in [1.54, 1.807) is 0 Å². The lowest BCUT2D eigenvalue weighted by atomic mass is 10.1. The predicted octanol–water partition coefficient (Wildman–Crippen LogP) is 4.90. The number of ether oxygens (including phenoxy) is 1. The van der Waals surface area contributed by atoms with Gasteiger partial charge in [-0.05, 0) is 47.9 Å². The van der Waals surface area contributed by atoms with Gasteiger partial charge in [0.2, 0.25) is 0 Å². The minimum atomic E-state index is -0.974. The standard InChI is InChI=1S/C17H15BrO3/c1-2-12-4-3-5-14(10-12)21-15-8-6-13(16(18)11-15)7-9-17(19)20/h3-11H,2H2,1H3,(H,19,20)/b9-7+. The van der Waals surface area contributed by atoms with Gasteiger partial charge in [0.25, 0.3) is 0 Å². The number of carboxylic acids is 1. The zero-order chi connectivity index (χ0) is 15.2. The molecule has 0 amide bonds. The molecule has 0 atom stereocenters. The molecule has 0 saturated heterocycles. The topological polar surface area (TPSA) is 46.5 Å². The lowest BCUT2D eigenvalue weighted by Crippen LogP contribution is -1.88. The fraction of sp³-hybridized carbons (Fsp3) is 0.118. The minimum absolute atomic E-state index is 0.697. The summed E-state index contributed by atoms with van der Waals surface area (Å²) in [5, 5.41) is 8.64. The number of aryl methyl sites for hydroxylation is 1. The average molecular weight is 347 g/mol. The molecule has 0 spiro atoms. The van der Waals surface area contributed by atoms with Crippen LogP contribution in [0.1, 0.15) is 18.1 Å². The summed E-state index contributed by atoms with van der Waals surface area (Å²) >= 11 is 3.41. The Kier molecular flexibility index (Phi) is 5.17. The van der Waals surface area contributed by atoms with E-state index in [2.05, 4.69) is 28.9 Å². The van der Waals surface area contributed by atoms with Gasteiger partial charge in [-0.25, -0.2) is 4.79 Å². The Morgan fingerprint density at radius 1 is 1.24 bits per heavy atom. The van der Waals surface area contributed by atoms with Crippen molar-refractivity contribution in [1.29, 1.82) is 0 Å². The van der Waals surface area contributed by atoms with E-state index in [0.29, 0.717) is 5.75 Å². The van der Waals surface area contributed by atoms with Crippen LogP contribution in [0.3, 0.4) is 0 Å². The van der Waals surface area contributed by atoms with Crippen LogP contribution in [0.4, 0.5) is 0 Å². The molecule has 0 aliphatic rings. The highest BCUT2D eigenvalue weighted by atomic mass is 79.9. The third-order valence-electron chi connectivity index (χ3n) is 2.92. The number of carboxylic acid groups (broad SMARTS) is 1. The Morgan fingerprint density at radius 2 is 2.00 bits per heavy atom. The summed E-state index contributed by atoms with van der Waals surface area (Å²) in [6.07, 6.45) is 3.60. The number of rotatable bonds is 5. The van der Waals surface area contributed by atoms with Crippen LogP contribution in [-0.4, -0.2) is 11.1 Å². The van der Waals surface area contributed by atoms with E-state index in [1.165, 1.54) is 11.6 Å². The van der Waals surface area contributed by atoms with E-state index in [9.17, 15) is 4.79 Å². The summed E-state index contributed by atoms with van der Waals surface area (Å²) in [5.74, 6) is 0.510. The summed E-state index contributed by atoms with van der Waals surface area (Å²) in [6, 6.07) is 13.4. The first-order valence-corrected chi connectivity index (χ1v) is 7.35. The fourth-order valence-corrected chi connectivity index (χ4v) is 2.32. The van der Waals surface area contributed by atoms with Crippen LogP contribution in [0.25, 0.3) is 6.08 Å². The quantitative estimate of drug-likeness (QED) is 0.783. The third kappa shape index (κ3) is 4.46. The van der Waals surface area contributed by atoms with Crippen molar-refractivity contribution in [2.75, 3.05) is 0 Å². The average Bonchev–Trinajstić information content (AvgIpc) is 2.46. The number of benzene rings is 2. The highest BCUT2D eigenvalue weighted by Gasteiger charge is 2.03. The zero-order valence-electron chi connectivity index (χ0n) is 11.5. The van der Waals surface area contributed by atoms with Crippen LogP contribution in [0.15, 0.2) is 53.0 Å². The number of hydrogen-bond acceptors (Lipinski definition) is 2. The molecule has 0 aliphatic heterocycles. The van der Waals surface area contributed by atoms with E-state index in [1.807, 2.05) is 36.4 Å². The second-order valence-corrected chi connectivity index (χ2v) is 5.31. The maximum absolute atomic E-state index is 10.5. The molecule has 0 aromatic heterocycles. The van der Waals surface area contributed by atoms with Crippen molar-refractivity contribution in [3.05, 3.63) is 64.1 Å². The lowest BCUT2D eigenvalue weighted by molar-refractivity contribution is -0.131. The molecule has 2 aromatic rings. The second kappa shape index (κ2) is 7.09. The summed E-state index contributed by atoms with van der Waals surface area (Å²) in [7, 11) is 0. The van der Waals surface area contributed by atoms with Crippen molar-refractivity contribution < 1.29 is 14.6 Å². The van der Waals surface area contributed by atoms with Crippen LogP contribution in [-0.2, 0) is 11.2 Å². The molecule has 0 unspecified atom stereocenters. The van der Waals surface area contributed by atoms with Crippen LogP contribution in [0.2, 0.25) is 0 Å². The van der Waals surface area contributed by atoms with Crippen molar-refractivity contribution >= 4 is 28.0 Å². The van der Waals surface area contributed by atoms with E-state index in [0.717, 1.165) is 28.3 Å². The van der Waals surface area contributed by atoms with Gasteiger partial charge in [0.15, 0.2) is 0 Å². The molecule has 2 rings (SSSR count). The van der Waals surface area contributed by atoms with Crippen molar-refractivity contribution in [3.63, 3.8) is 0 Å². The Labute approximate surface area is 132 Å². The fourth-order valence-electron chi connectivity index (χ4n) is 1.83. The molecule has 0 bridgehead atoms. The van der Waals surface area contributed by atoms with Crippen LogP contribution >= 0.6 is 15.9 Å². The molecule has 0 heterocycles. The normalized spacial score (nSPS) is 10.8. The van der Waals surface area contributed by atoms with Crippen LogP contribution < -0.4 is 4.74 Å². The first kappa shape index (κ1) is 15.3. The van der Waals surface area contributed by atoms with Gasteiger partial charge in [0, 0.05) is 10.5 Å². The number of halogens is 1. The van der Waals surface area contributed by atoms with Gasteiger partial charge in [0.1, 0.15) is 11.5 Å². The first-order chi connectivity index (χ1) is 10.1. The van der Waals surface area contributed by atoms with E-state index >= 15 is 0 Å². The molecule has 108 valence electrons. The van der Waals surface area contributed by atoms with Crippen LogP contribution in [0, 0.1) is 0 Å². The van der Waals surface area contributed by atoms with Gasteiger partial charge < -0.3 is 9.84 Å². The molecule has 0 aliphatic carbocycles. The molecule has 0 radical (unpaired) electrons. The highest BCUT2D eigenvalue weighted by Crippen LogP contribution is 2.28. The molecule has 3 nitrogen and oxygen atoms in total. The van der Waals surface area contributed by atoms with Gasteiger partial charge in [0.05, 0.1) is 0 Å². The molecular weight excluding hydrogens is 332 g/mol. The molecular formula is C17H15BrO3. The smallest absolute Gasteiger partial charge is 0.328 e. The second-order valence-electron chi connectivity index (χ2n) is 4.46. The van der Waals surface area contributed by atoms with E-state index in [-0.39, 0.29) is 0 Å². The van der Waals surface area contributed by atoms with Gasteiger partial charge in [-0.3, -0.25) is 0 Å². The molecule has 0 saturated carbocycles. The molecule has 21 heavy (non-hydrogen) atoms. The Balaban J connectivity index is 2.18. The first-order valence-electron chi connectivity index (χ1n) is 6.56. The lowest BCUT2D eigenvalue weighted by Gasteiger charge is -2.08.